The van der Waals surface area contributed by atoms with E-state index in [1.165, 1.54) is 12.1 Å². The SMILES string of the molecule is O=C(Nc1ccncc1)c1ccc2cc(F)ccc2n1. The highest BCUT2D eigenvalue weighted by atomic mass is 19.1. The number of anilines is 1. The summed E-state index contributed by atoms with van der Waals surface area (Å²) < 4.78 is 13.1. The molecule has 0 spiro atoms. The molecule has 1 amide bonds. The fourth-order valence-electron chi connectivity index (χ4n) is 1.85. The van der Waals surface area contributed by atoms with Crippen LogP contribution in [0.1, 0.15) is 10.5 Å². The number of rotatable bonds is 2. The van der Waals surface area contributed by atoms with Gasteiger partial charge in [-0.15, -0.1) is 0 Å². The van der Waals surface area contributed by atoms with Crippen LogP contribution in [0.25, 0.3) is 10.9 Å². The summed E-state index contributed by atoms with van der Waals surface area (Å²) in [5, 5.41) is 3.38. The van der Waals surface area contributed by atoms with Crippen LogP contribution >= 0.6 is 0 Å². The minimum absolute atomic E-state index is 0.279. The maximum absolute atomic E-state index is 13.1. The third-order valence-corrected chi connectivity index (χ3v) is 2.82. The van der Waals surface area contributed by atoms with E-state index in [0.717, 1.165) is 0 Å². The van der Waals surface area contributed by atoms with E-state index in [4.69, 9.17) is 0 Å². The molecule has 0 radical (unpaired) electrons. The highest BCUT2D eigenvalue weighted by Crippen LogP contribution is 2.15. The van der Waals surface area contributed by atoms with Crippen LogP contribution in [0.5, 0.6) is 0 Å². The zero-order chi connectivity index (χ0) is 13.9. The minimum Gasteiger partial charge on any atom is -0.321 e. The summed E-state index contributed by atoms with van der Waals surface area (Å²) in [7, 11) is 0. The molecule has 0 atom stereocenters. The van der Waals surface area contributed by atoms with Gasteiger partial charge in [0.15, 0.2) is 0 Å². The van der Waals surface area contributed by atoms with Crippen LogP contribution in [0.3, 0.4) is 0 Å². The lowest BCUT2D eigenvalue weighted by Crippen LogP contribution is -2.13. The van der Waals surface area contributed by atoms with Crippen molar-refractivity contribution in [2.24, 2.45) is 0 Å². The molecule has 0 saturated carbocycles. The third-order valence-electron chi connectivity index (χ3n) is 2.82. The van der Waals surface area contributed by atoms with Gasteiger partial charge in [-0.3, -0.25) is 9.78 Å². The van der Waals surface area contributed by atoms with Crippen LogP contribution in [0.2, 0.25) is 0 Å². The number of hydrogen-bond donors (Lipinski definition) is 1. The van der Waals surface area contributed by atoms with Gasteiger partial charge in [0, 0.05) is 23.5 Å². The number of carbonyl (C=O) groups excluding carboxylic acids is 1. The summed E-state index contributed by atoms with van der Waals surface area (Å²) in [6, 6.07) is 10.9. The molecule has 98 valence electrons. The van der Waals surface area contributed by atoms with Crippen molar-refractivity contribution in [3.05, 3.63) is 66.4 Å². The number of fused-ring (bicyclic) bond motifs is 1. The molecule has 0 unspecified atom stereocenters. The molecular formula is C15H10FN3O. The molecule has 0 saturated heterocycles. The smallest absolute Gasteiger partial charge is 0.274 e. The summed E-state index contributed by atoms with van der Waals surface area (Å²) in [6.45, 7) is 0. The molecule has 1 aromatic carbocycles. The van der Waals surface area contributed by atoms with Crippen LogP contribution in [0.15, 0.2) is 54.9 Å². The Kier molecular flexibility index (Phi) is 3.09. The zero-order valence-electron chi connectivity index (χ0n) is 10.4. The molecular weight excluding hydrogens is 257 g/mol. The summed E-state index contributed by atoms with van der Waals surface area (Å²) in [5.74, 6) is -0.643. The first kappa shape index (κ1) is 12.2. The minimum atomic E-state index is -0.326. The highest BCUT2D eigenvalue weighted by Gasteiger charge is 2.08. The second kappa shape index (κ2) is 5.05. The van der Waals surface area contributed by atoms with Gasteiger partial charge in [0.2, 0.25) is 0 Å². The molecule has 0 bridgehead atoms. The van der Waals surface area contributed by atoms with E-state index < -0.39 is 0 Å². The predicted octanol–water partition coefficient (Wildman–Crippen LogP) is 3.02. The Morgan fingerprint density at radius 2 is 1.85 bits per heavy atom. The fourth-order valence-corrected chi connectivity index (χ4v) is 1.85. The van der Waals surface area contributed by atoms with E-state index in [2.05, 4.69) is 15.3 Å². The average Bonchev–Trinajstić information content (AvgIpc) is 2.47. The number of carbonyl (C=O) groups is 1. The lowest BCUT2D eigenvalue weighted by molar-refractivity contribution is 0.102. The van der Waals surface area contributed by atoms with Crippen LogP contribution in [0.4, 0.5) is 10.1 Å². The summed E-state index contributed by atoms with van der Waals surface area (Å²) >= 11 is 0. The normalized spacial score (nSPS) is 10.4. The van der Waals surface area contributed by atoms with E-state index in [9.17, 15) is 9.18 Å². The van der Waals surface area contributed by atoms with Crippen LogP contribution < -0.4 is 5.32 Å². The first-order valence-electron chi connectivity index (χ1n) is 6.00. The largest absolute Gasteiger partial charge is 0.321 e. The molecule has 4 nitrogen and oxygen atoms in total. The summed E-state index contributed by atoms with van der Waals surface area (Å²) in [4.78, 5) is 20.1. The Bertz CT molecular complexity index is 774. The quantitative estimate of drug-likeness (QED) is 0.776. The number of halogens is 1. The van der Waals surface area contributed by atoms with Gasteiger partial charge in [-0.1, -0.05) is 6.07 Å². The second-order valence-electron chi connectivity index (χ2n) is 4.22. The van der Waals surface area contributed by atoms with Gasteiger partial charge in [0.25, 0.3) is 5.91 Å². The summed E-state index contributed by atoms with van der Waals surface area (Å²) in [6.07, 6.45) is 3.18. The Balaban J connectivity index is 1.90. The van der Waals surface area contributed by atoms with Crippen LogP contribution in [0, 0.1) is 5.82 Å². The number of nitrogens with zero attached hydrogens (tertiary/aromatic N) is 2. The van der Waals surface area contributed by atoms with Gasteiger partial charge in [-0.2, -0.15) is 0 Å². The Morgan fingerprint density at radius 1 is 1.05 bits per heavy atom. The molecule has 5 heteroatoms. The second-order valence-corrected chi connectivity index (χ2v) is 4.22. The van der Waals surface area contributed by atoms with Crippen molar-refractivity contribution >= 4 is 22.5 Å². The van der Waals surface area contributed by atoms with E-state index in [-0.39, 0.29) is 17.4 Å². The molecule has 3 aromatic rings. The number of benzene rings is 1. The Hall–Kier alpha value is -2.82. The molecule has 0 aliphatic heterocycles. The van der Waals surface area contributed by atoms with Crippen molar-refractivity contribution < 1.29 is 9.18 Å². The number of pyridine rings is 2. The Morgan fingerprint density at radius 3 is 2.65 bits per heavy atom. The molecule has 2 heterocycles. The van der Waals surface area contributed by atoms with Crippen molar-refractivity contribution in [1.82, 2.24) is 9.97 Å². The van der Waals surface area contributed by atoms with Crippen molar-refractivity contribution in [3.8, 4) is 0 Å². The van der Waals surface area contributed by atoms with E-state index in [1.54, 1.807) is 42.7 Å². The van der Waals surface area contributed by atoms with Gasteiger partial charge in [-0.05, 0) is 36.4 Å². The van der Waals surface area contributed by atoms with Gasteiger partial charge in [-0.25, -0.2) is 9.37 Å². The third kappa shape index (κ3) is 2.47. The first-order valence-corrected chi connectivity index (χ1v) is 6.00. The molecule has 0 fully saturated rings. The molecule has 2 aromatic heterocycles. The van der Waals surface area contributed by atoms with Gasteiger partial charge in [0.1, 0.15) is 11.5 Å². The predicted molar refractivity (Wildman–Crippen MR) is 73.9 cm³/mol. The number of hydrogen-bond acceptors (Lipinski definition) is 3. The first-order chi connectivity index (χ1) is 9.72. The molecule has 1 N–H and O–H groups in total. The zero-order valence-corrected chi connectivity index (χ0v) is 10.4. The summed E-state index contributed by atoms with van der Waals surface area (Å²) in [5.41, 5.74) is 1.50. The lowest BCUT2D eigenvalue weighted by Gasteiger charge is -2.05. The standard InChI is InChI=1S/C15H10FN3O/c16-11-2-4-13-10(9-11)1-3-14(19-13)15(20)18-12-5-7-17-8-6-12/h1-9H,(H,17,18,20). The number of nitrogens with one attached hydrogen (secondary N) is 1. The van der Waals surface area contributed by atoms with E-state index in [0.29, 0.717) is 16.6 Å². The van der Waals surface area contributed by atoms with E-state index in [1.807, 2.05) is 0 Å². The van der Waals surface area contributed by atoms with Crippen molar-refractivity contribution in [1.29, 1.82) is 0 Å². The lowest BCUT2D eigenvalue weighted by atomic mass is 10.2. The number of amides is 1. The fraction of sp³-hybridized carbons (Fsp3) is 0. The molecule has 0 aliphatic carbocycles. The monoisotopic (exact) mass is 267 g/mol. The maximum atomic E-state index is 13.1. The van der Waals surface area contributed by atoms with E-state index >= 15 is 0 Å². The van der Waals surface area contributed by atoms with Gasteiger partial charge in [0.05, 0.1) is 5.52 Å². The average molecular weight is 267 g/mol. The Labute approximate surface area is 114 Å². The van der Waals surface area contributed by atoms with Crippen molar-refractivity contribution in [3.63, 3.8) is 0 Å². The highest BCUT2D eigenvalue weighted by molar-refractivity contribution is 6.04. The molecule has 20 heavy (non-hydrogen) atoms. The number of aromatic nitrogens is 2. The topological polar surface area (TPSA) is 54.9 Å². The molecule has 0 aliphatic rings. The van der Waals surface area contributed by atoms with Gasteiger partial charge >= 0.3 is 0 Å². The van der Waals surface area contributed by atoms with Crippen molar-refractivity contribution in [2.45, 2.75) is 0 Å². The maximum Gasteiger partial charge on any atom is 0.274 e. The van der Waals surface area contributed by atoms with Crippen LogP contribution in [-0.4, -0.2) is 15.9 Å². The van der Waals surface area contributed by atoms with Gasteiger partial charge < -0.3 is 5.32 Å². The molecule has 3 rings (SSSR count). The van der Waals surface area contributed by atoms with Crippen molar-refractivity contribution in [2.75, 3.05) is 5.32 Å². The van der Waals surface area contributed by atoms with Crippen LogP contribution in [-0.2, 0) is 0 Å².